The number of nitrogens with zero attached hydrogens (tertiary/aromatic N) is 3. The molecule has 1 unspecified atom stereocenters. The van der Waals surface area contributed by atoms with Gasteiger partial charge < -0.3 is 15.0 Å². The zero-order chi connectivity index (χ0) is 20.1. The number of carbonyl (C=O) groups excluding carboxylic acids is 1. The van der Waals surface area contributed by atoms with Crippen LogP contribution in [-0.2, 0) is 11.2 Å². The minimum Gasteiger partial charge on any atom is -0.494 e. The normalized spacial score (nSPS) is 16.7. The predicted octanol–water partition coefficient (Wildman–Crippen LogP) is 3.67. The Morgan fingerprint density at radius 2 is 2.17 bits per heavy atom. The largest absolute Gasteiger partial charge is 0.494 e. The Labute approximate surface area is 174 Å². The van der Waals surface area contributed by atoms with Gasteiger partial charge in [-0.05, 0) is 56.0 Å². The van der Waals surface area contributed by atoms with Crippen molar-refractivity contribution in [1.82, 2.24) is 15.3 Å². The van der Waals surface area contributed by atoms with Crippen LogP contribution in [0.4, 0.5) is 5.13 Å². The fourth-order valence-corrected chi connectivity index (χ4v) is 4.60. The number of rotatable bonds is 7. The molecule has 0 radical (unpaired) electrons. The minimum absolute atomic E-state index is 0.00375. The van der Waals surface area contributed by atoms with Crippen molar-refractivity contribution >= 4 is 32.7 Å². The number of thiazole rings is 1. The summed E-state index contributed by atoms with van der Waals surface area (Å²) in [5.74, 6) is 1.02. The van der Waals surface area contributed by atoms with Gasteiger partial charge in [0.25, 0.3) is 0 Å². The van der Waals surface area contributed by atoms with Gasteiger partial charge in [-0.25, -0.2) is 9.97 Å². The first-order valence-electron chi connectivity index (χ1n) is 10.2. The Morgan fingerprint density at radius 3 is 2.97 bits per heavy atom. The third kappa shape index (κ3) is 4.85. The molecule has 3 aromatic rings. The Hall–Kier alpha value is -2.67. The summed E-state index contributed by atoms with van der Waals surface area (Å²) in [4.78, 5) is 24.9. The first kappa shape index (κ1) is 19.6. The highest BCUT2D eigenvalue weighted by Crippen LogP contribution is 2.30. The minimum atomic E-state index is 0.00375. The van der Waals surface area contributed by atoms with E-state index < -0.39 is 0 Å². The molecular weight excluding hydrogens is 384 g/mol. The number of piperidine rings is 1. The van der Waals surface area contributed by atoms with Gasteiger partial charge in [-0.2, -0.15) is 0 Å². The van der Waals surface area contributed by atoms with Crippen LogP contribution in [0.3, 0.4) is 0 Å². The number of ether oxygens (including phenoxy) is 1. The molecule has 1 aromatic carbocycles. The maximum absolute atomic E-state index is 12.7. The fraction of sp³-hybridized carbons (Fsp3) is 0.409. The number of anilines is 1. The lowest BCUT2D eigenvalue weighted by molar-refractivity contribution is -0.125. The SMILES string of the molecule is CCOc1ccc(CCNC(=O)C2CCCN(c3nc4cccnc4s3)C2)cc1. The average molecular weight is 411 g/mol. The Bertz CT molecular complexity index is 924. The van der Waals surface area contributed by atoms with Gasteiger partial charge in [0, 0.05) is 25.8 Å². The highest BCUT2D eigenvalue weighted by atomic mass is 32.1. The van der Waals surface area contributed by atoms with E-state index in [1.807, 2.05) is 31.2 Å². The number of nitrogens with one attached hydrogen (secondary N) is 1. The van der Waals surface area contributed by atoms with Gasteiger partial charge in [-0.15, -0.1) is 0 Å². The smallest absolute Gasteiger partial charge is 0.224 e. The number of fused-ring (bicyclic) bond motifs is 1. The molecule has 1 aliphatic heterocycles. The number of pyridine rings is 1. The van der Waals surface area contributed by atoms with Crippen LogP contribution in [0.2, 0.25) is 0 Å². The molecular formula is C22H26N4O2S. The van der Waals surface area contributed by atoms with Crippen molar-refractivity contribution < 1.29 is 9.53 Å². The van der Waals surface area contributed by atoms with Gasteiger partial charge in [0.15, 0.2) is 5.13 Å². The van der Waals surface area contributed by atoms with Gasteiger partial charge in [0.1, 0.15) is 16.1 Å². The lowest BCUT2D eigenvalue weighted by Crippen LogP contribution is -2.43. The molecule has 29 heavy (non-hydrogen) atoms. The third-order valence-corrected chi connectivity index (χ3v) is 6.21. The molecule has 4 rings (SSSR count). The fourth-order valence-electron chi connectivity index (χ4n) is 3.65. The van der Waals surface area contributed by atoms with Crippen molar-refractivity contribution in [2.24, 2.45) is 5.92 Å². The van der Waals surface area contributed by atoms with E-state index in [0.29, 0.717) is 19.7 Å². The lowest BCUT2D eigenvalue weighted by Gasteiger charge is -2.31. The molecule has 152 valence electrons. The maximum atomic E-state index is 12.7. The molecule has 6 nitrogen and oxygen atoms in total. The highest BCUT2D eigenvalue weighted by Gasteiger charge is 2.27. The number of aromatic nitrogens is 2. The summed E-state index contributed by atoms with van der Waals surface area (Å²) in [6.45, 7) is 4.95. The van der Waals surface area contributed by atoms with Gasteiger partial charge in [0.05, 0.1) is 12.5 Å². The van der Waals surface area contributed by atoms with E-state index in [4.69, 9.17) is 9.72 Å². The standard InChI is InChI=1S/C22H26N4O2S/c1-2-28-18-9-7-16(8-10-18)11-13-23-20(27)17-5-4-14-26(15-17)22-25-19-6-3-12-24-21(19)29-22/h3,6-10,12,17H,2,4-5,11,13-15H2,1H3,(H,23,27). The average Bonchev–Trinajstić information content (AvgIpc) is 3.20. The van der Waals surface area contributed by atoms with Crippen molar-refractivity contribution in [3.05, 3.63) is 48.2 Å². The second-order valence-electron chi connectivity index (χ2n) is 7.23. The van der Waals surface area contributed by atoms with E-state index in [-0.39, 0.29) is 11.8 Å². The monoisotopic (exact) mass is 410 g/mol. The van der Waals surface area contributed by atoms with E-state index in [1.54, 1.807) is 17.5 Å². The van der Waals surface area contributed by atoms with Crippen LogP contribution >= 0.6 is 11.3 Å². The van der Waals surface area contributed by atoms with Crippen LogP contribution in [0.5, 0.6) is 5.75 Å². The molecule has 0 aliphatic carbocycles. The van der Waals surface area contributed by atoms with Crippen molar-refractivity contribution in [3.8, 4) is 5.75 Å². The van der Waals surface area contributed by atoms with E-state index in [0.717, 1.165) is 47.0 Å². The predicted molar refractivity (Wildman–Crippen MR) is 117 cm³/mol. The van der Waals surface area contributed by atoms with Gasteiger partial charge in [0.2, 0.25) is 5.91 Å². The van der Waals surface area contributed by atoms with Crippen LogP contribution in [-0.4, -0.2) is 42.1 Å². The summed E-state index contributed by atoms with van der Waals surface area (Å²) in [5.41, 5.74) is 2.12. The first-order chi connectivity index (χ1) is 14.2. The van der Waals surface area contributed by atoms with Crippen LogP contribution in [0.15, 0.2) is 42.6 Å². The summed E-state index contributed by atoms with van der Waals surface area (Å²) in [6.07, 6.45) is 4.54. The number of amides is 1. The van der Waals surface area contributed by atoms with Crippen LogP contribution in [0.25, 0.3) is 10.3 Å². The first-order valence-corrected chi connectivity index (χ1v) is 11.0. The van der Waals surface area contributed by atoms with E-state index in [1.165, 1.54) is 5.56 Å². The second-order valence-corrected chi connectivity index (χ2v) is 8.18. The molecule has 7 heteroatoms. The molecule has 2 aromatic heterocycles. The van der Waals surface area contributed by atoms with E-state index >= 15 is 0 Å². The molecule has 1 aliphatic rings. The van der Waals surface area contributed by atoms with E-state index in [9.17, 15) is 4.79 Å². The zero-order valence-electron chi connectivity index (χ0n) is 16.6. The van der Waals surface area contributed by atoms with Crippen LogP contribution in [0.1, 0.15) is 25.3 Å². The Morgan fingerprint density at radius 1 is 1.31 bits per heavy atom. The Balaban J connectivity index is 1.29. The number of hydrogen-bond donors (Lipinski definition) is 1. The maximum Gasteiger partial charge on any atom is 0.224 e. The second kappa shape index (κ2) is 9.22. The van der Waals surface area contributed by atoms with E-state index in [2.05, 4.69) is 27.3 Å². The Kier molecular flexibility index (Phi) is 6.24. The molecule has 3 heterocycles. The molecule has 1 saturated heterocycles. The lowest BCUT2D eigenvalue weighted by atomic mass is 9.97. The van der Waals surface area contributed by atoms with Gasteiger partial charge in [-0.1, -0.05) is 23.5 Å². The molecule has 1 N–H and O–H groups in total. The number of benzene rings is 1. The van der Waals surface area contributed by atoms with Crippen molar-refractivity contribution in [2.45, 2.75) is 26.2 Å². The summed E-state index contributed by atoms with van der Waals surface area (Å²) >= 11 is 1.60. The quantitative estimate of drug-likeness (QED) is 0.644. The molecule has 0 saturated carbocycles. The summed E-state index contributed by atoms with van der Waals surface area (Å²) in [6, 6.07) is 12.0. The topological polar surface area (TPSA) is 67.3 Å². The molecule has 0 spiro atoms. The number of carbonyl (C=O) groups is 1. The summed E-state index contributed by atoms with van der Waals surface area (Å²) < 4.78 is 5.47. The summed E-state index contributed by atoms with van der Waals surface area (Å²) in [5, 5.41) is 4.08. The zero-order valence-corrected chi connectivity index (χ0v) is 17.5. The van der Waals surface area contributed by atoms with Crippen molar-refractivity contribution in [3.63, 3.8) is 0 Å². The van der Waals surface area contributed by atoms with Crippen molar-refractivity contribution in [2.75, 3.05) is 31.1 Å². The molecule has 1 fully saturated rings. The van der Waals surface area contributed by atoms with Crippen molar-refractivity contribution in [1.29, 1.82) is 0 Å². The number of hydrogen-bond acceptors (Lipinski definition) is 6. The van der Waals surface area contributed by atoms with Gasteiger partial charge in [-0.3, -0.25) is 4.79 Å². The molecule has 1 atom stereocenters. The summed E-state index contributed by atoms with van der Waals surface area (Å²) in [7, 11) is 0. The molecule has 1 amide bonds. The molecule has 0 bridgehead atoms. The third-order valence-electron chi connectivity index (χ3n) is 5.17. The van der Waals surface area contributed by atoms with Crippen LogP contribution < -0.4 is 15.0 Å². The highest BCUT2D eigenvalue weighted by molar-refractivity contribution is 7.21. The van der Waals surface area contributed by atoms with Crippen LogP contribution in [0, 0.1) is 5.92 Å². The van der Waals surface area contributed by atoms with Gasteiger partial charge >= 0.3 is 0 Å².